The van der Waals surface area contributed by atoms with Crippen molar-refractivity contribution in [2.45, 2.75) is 52.9 Å². The molecule has 4 heteroatoms. The second-order valence-corrected chi connectivity index (χ2v) is 19.1. The molecule has 0 radical (unpaired) electrons. The third-order valence-corrected chi connectivity index (χ3v) is 12.7. The molecule has 10 aromatic rings. The van der Waals surface area contributed by atoms with Crippen LogP contribution in [0.2, 0.25) is 0 Å². The number of aromatic nitrogens is 3. The third kappa shape index (κ3) is 11.7. The van der Waals surface area contributed by atoms with Gasteiger partial charge in [-0.2, -0.15) is 0 Å². The fraction of sp³-hybridized carbons (Fsp3) is 0.136. The number of pyridine rings is 3. The molecule has 0 amide bonds. The summed E-state index contributed by atoms with van der Waals surface area (Å²) in [6, 6.07) is 80.2. The summed E-state index contributed by atoms with van der Waals surface area (Å²) in [4.78, 5) is 14.0. The molecule has 0 saturated heterocycles. The molecule has 0 bridgehead atoms. The van der Waals surface area contributed by atoms with Gasteiger partial charge in [-0.25, -0.2) is 0 Å². The molecule has 0 aliphatic carbocycles. The summed E-state index contributed by atoms with van der Waals surface area (Å²) in [7, 11) is 0. The quantitative estimate of drug-likeness (QED) is 0.102. The van der Waals surface area contributed by atoms with Gasteiger partial charge in [-0.3, -0.25) is 0 Å². The number of hydrogen-bond donors (Lipinski definition) is 0. The molecular formula is C66H54IrN3. The third-order valence-electron chi connectivity index (χ3n) is 12.7. The van der Waals surface area contributed by atoms with E-state index < -0.39 is 0 Å². The van der Waals surface area contributed by atoms with Gasteiger partial charge in [0.2, 0.25) is 0 Å². The fourth-order valence-electron chi connectivity index (χ4n) is 9.26. The van der Waals surface area contributed by atoms with Gasteiger partial charge >= 0.3 is 20.1 Å². The van der Waals surface area contributed by atoms with Crippen LogP contribution in [0.3, 0.4) is 0 Å². The first-order valence-electron chi connectivity index (χ1n) is 24.0. The second kappa shape index (κ2) is 21.9. The second-order valence-electron chi connectivity index (χ2n) is 19.1. The largest absolute Gasteiger partial charge is 3.00 e. The van der Waals surface area contributed by atoms with Crippen LogP contribution in [0.1, 0.15) is 48.6 Å². The molecule has 0 unspecified atom stereocenters. The van der Waals surface area contributed by atoms with E-state index in [-0.39, 0.29) is 25.5 Å². The summed E-state index contributed by atoms with van der Waals surface area (Å²) in [6.07, 6.45) is 10.2. The zero-order valence-corrected chi connectivity index (χ0v) is 42.3. The Morgan fingerprint density at radius 2 is 0.871 bits per heavy atom. The van der Waals surface area contributed by atoms with E-state index in [4.69, 9.17) is 4.98 Å². The number of hydrogen-bond acceptors (Lipinski definition) is 3. The molecule has 0 aliphatic heterocycles. The van der Waals surface area contributed by atoms with Crippen LogP contribution in [0.5, 0.6) is 0 Å². The molecule has 0 aliphatic rings. The Hall–Kier alpha value is -7.36. The summed E-state index contributed by atoms with van der Waals surface area (Å²) in [5, 5.41) is 0. The summed E-state index contributed by atoms with van der Waals surface area (Å²) >= 11 is 0. The Labute approximate surface area is 427 Å². The van der Waals surface area contributed by atoms with Gasteiger partial charge in [-0.05, 0) is 98.9 Å². The van der Waals surface area contributed by atoms with Crippen molar-refractivity contribution >= 4 is 0 Å². The van der Waals surface area contributed by atoms with Gasteiger partial charge in [0.05, 0.1) is 0 Å². The van der Waals surface area contributed by atoms with E-state index in [0.717, 1.165) is 82.6 Å². The Balaban J connectivity index is 0.00000608. The minimum Gasteiger partial charge on any atom is -0.305 e. The van der Waals surface area contributed by atoms with E-state index in [1.807, 2.05) is 55.0 Å². The smallest absolute Gasteiger partial charge is 0.305 e. The number of rotatable bonds is 14. The van der Waals surface area contributed by atoms with Crippen LogP contribution < -0.4 is 0 Å². The summed E-state index contributed by atoms with van der Waals surface area (Å²) in [6.45, 7) is 6.85. The molecule has 0 fully saturated rings. The molecule has 0 spiro atoms. The Morgan fingerprint density at radius 1 is 0.343 bits per heavy atom. The van der Waals surface area contributed by atoms with Crippen LogP contribution in [0.15, 0.2) is 213 Å². The molecule has 0 saturated carbocycles. The average molecular weight is 1080 g/mol. The molecule has 10 rings (SSSR count). The van der Waals surface area contributed by atoms with Gasteiger partial charge < -0.3 is 15.0 Å². The van der Waals surface area contributed by atoms with Crippen LogP contribution in [-0.2, 0) is 52.2 Å². The molecule has 3 nitrogen and oxygen atoms in total. The van der Waals surface area contributed by atoms with E-state index in [9.17, 15) is 0 Å². The normalized spacial score (nSPS) is 11.2. The van der Waals surface area contributed by atoms with Crippen LogP contribution in [0, 0.1) is 23.6 Å². The summed E-state index contributed by atoms with van der Waals surface area (Å²) in [5.74, 6) is 0. The van der Waals surface area contributed by atoms with Crippen LogP contribution in [0.4, 0.5) is 0 Å². The van der Waals surface area contributed by atoms with Gasteiger partial charge in [0.25, 0.3) is 0 Å². The summed E-state index contributed by atoms with van der Waals surface area (Å²) < 4.78 is 0. The number of benzene rings is 7. The van der Waals surface area contributed by atoms with E-state index in [1.165, 1.54) is 55.6 Å². The van der Waals surface area contributed by atoms with Crippen molar-refractivity contribution in [1.29, 1.82) is 0 Å². The molecule has 70 heavy (non-hydrogen) atoms. The van der Waals surface area contributed by atoms with E-state index in [0.29, 0.717) is 0 Å². The average Bonchev–Trinajstić information content (AvgIpc) is 3.40. The van der Waals surface area contributed by atoms with Crippen LogP contribution in [0.25, 0.3) is 78.3 Å². The Morgan fingerprint density at radius 3 is 1.44 bits per heavy atom. The first-order valence-corrected chi connectivity index (χ1v) is 24.0. The van der Waals surface area contributed by atoms with Crippen molar-refractivity contribution in [3.05, 3.63) is 259 Å². The molecule has 0 N–H and O–H groups in total. The topological polar surface area (TPSA) is 38.7 Å². The van der Waals surface area contributed by atoms with Gasteiger partial charge in [-0.15, -0.1) is 94.5 Å². The number of nitrogens with zero attached hydrogens (tertiary/aromatic N) is 3. The van der Waals surface area contributed by atoms with Crippen molar-refractivity contribution in [2.24, 2.45) is 5.41 Å². The SMILES string of the molecule is CC(C)(C)Cc1ccnc(-c2[c-]cc(-c3ccccc3-c3cc(CCc4c[c-]c(-c5ccccn5)cc4)cc(CCc4c[c-]c(-c5ccccn5)cc4)c3)c(-c3ccc(-c4ccccc4)cc3)c2)c1.[Ir+3]. The minimum atomic E-state index is 0. The fourth-order valence-corrected chi connectivity index (χ4v) is 9.26. The maximum Gasteiger partial charge on any atom is 3.00 e. The maximum atomic E-state index is 4.89. The van der Waals surface area contributed by atoms with E-state index >= 15 is 0 Å². The van der Waals surface area contributed by atoms with Crippen molar-refractivity contribution in [1.82, 2.24) is 15.0 Å². The predicted molar refractivity (Wildman–Crippen MR) is 285 cm³/mol. The van der Waals surface area contributed by atoms with Crippen molar-refractivity contribution in [3.63, 3.8) is 0 Å². The zero-order valence-electron chi connectivity index (χ0n) is 39.9. The molecule has 0 atom stereocenters. The molecule has 3 heterocycles. The Bertz CT molecular complexity index is 3180. The van der Waals surface area contributed by atoms with Gasteiger partial charge in [0, 0.05) is 18.6 Å². The predicted octanol–water partition coefficient (Wildman–Crippen LogP) is 16.1. The molecular weight excluding hydrogens is 1030 g/mol. The maximum absolute atomic E-state index is 4.89. The van der Waals surface area contributed by atoms with Crippen LogP contribution in [-0.4, -0.2) is 15.0 Å². The van der Waals surface area contributed by atoms with Gasteiger partial charge in [-0.1, -0.05) is 183 Å². The van der Waals surface area contributed by atoms with Gasteiger partial charge in [0.1, 0.15) is 0 Å². The van der Waals surface area contributed by atoms with E-state index in [1.54, 1.807) is 0 Å². The van der Waals surface area contributed by atoms with Crippen molar-refractivity contribution in [2.75, 3.05) is 0 Å². The molecule has 3 aromatic heterocycles. The summed E-state index contributed by atoms with van der Waals surface area (Å²) in [5.41, 5.74) is 21.7. The molecule has 342 valence electrons. The van der Waals surface area contributed by atoms with Crippen molar-refractivity contribution in [3.8, 4) is 78.3 Å². The van der Waals surface area contributed by atoms with Crippen LogP contribution >= 0.6 is 0 Å². The Kier molecular flexibility index (Phi) is 14.9. The minimum absolute atomic E-state index is 0. The van der Waals surface area contributed by atoms with Gasteiger partial charge in [0.15, 0.2) is 0 Å². The van der Waals surface area contributed by atoms with E-state index in [2.05, 4.69) is 207 Å². The standard InChI is InChI=1S/C66H54N3.Ir/c1-66(2,3)46-51-37-40-69-65(44-51)57-35-36-61(62(45-57)54-33-31-53(32-34-54)52-13-5-4-6-14-52)60-16-8-7-15-59(60)58-42-49(21-19-47-23-27-55(28-24-47)63-17-9-11-38-67-63)41-50(43-58)22-20-48-25-29-56(30-26-48)64-18-10-12-39-68-64;/h4-18,23-27,29,31-34,36-45H,19-22,46H2,1-3H3;/q-3;+3. The first kappa shape index (κ1) is 47.7. The van der Waals surface area contributed by atoms with Crippen molar-refractivity contribution < 1.29 is 20.1 Å². The number of aryl methyl sites for hydroxylation is 4. The first-order chi connectivity index (χ1) is 33.8. The molecule has 7 aromatic carbocycles. The monoisotopic (exact) mass is 1080 g/mol. The zero-order chi connectivity index (χ0) is 47.0.